The summed E-state index contributed by atoms with van der Waals surface area (Å²) >= 11 is 0. The number of methoxy groups -OCH3 is 1. The molecule has 2 N–H and O–H groups in total. The summed E-state index contributed by atoms with van der Waals surface area (Å²) in [6, 6.07) is 15.9. The second-order valence-electron chi connectivity index (χ2n) is 9.13. The molecular weight excluding hydrogens is 486 g/mol. The smallest absolute Gasteiger partial charge is 0.224 e. The summed E-state index contributed by atoms with van der Waals surface area (Å²) in [6.45, 7) is 8.13. The third-order valence-electron chi connectivity index (χ3n) is 6.49. The van der Waals surface area contributed by atoms with Crippen LogP contribution in [0.3, 0.4) is 0 Å². The molecule has 2 heterocycles. The molecule has 1 aromatic heterocycles. The third kappa shape index (κ3) is 7.08. The summed E-state index contributed by atoms with van der Waals surface area (Å²) in [5.74, 6) is 0.701. The van der Waals surface area contributed by atoms with Crippen molar-refractivity contribution in [2.24, 2.45) is 0 Å². The summed E-state index contributed by atoms with van der Waals surface area (Å²) in [5.41, 5.74) is 4.98. The van der Waals surface area contributed by atoms with Crippen molar-refractivity contribution in [3.63, 3.8) is 0 Å². The molecule has 3 aromatic rings. The van der Waals surface area contributed by atoms with Crippen molar-refractivity contribution in [3.05, 3.63) is 72.1 Å². The van der Waals surface area contributed by atoms with Gasteiger partial charge in [-0.05, 0) is 79.9 Å². The van der Waals surface area contributed by atoms with E-state index in [-0.39, 0.29) is 5.91 Å². The molecule has 8 nitrogen and oxygen atoms in total. The Balaban J connectivity index is 1.18. The number of anilines is 3. The normalized spacial score (nSPS) is 14.4. The average molecular weight is 522 g/mol. The molecule has 0 bridgehead atoms. The quantitative estimate of drug-likeness (QED) is 0.391. The number of aromatic nitrogens is 1. The first-order valence-corrected chi connectivity index (χ1v) is 13.7. The van der Waals surface area contributed by atoms with Crippen LogP contribution in [0.1, 0.15) is 24.0 Å². The maximum atomic E-state index is 12.7. The lowest BCUT2D eigenvalue weighted by molar-refractivity contribution is -0.116. The molecule has 196 valence electrons. The van der Waals surface area contributed by atoms with Gasteiger partial charge in [-0.25, -0.2) is 8.93 Å². The van der Waals surface area contributed by atoms with Gasteiger partial charge in [0.15, 0.2) is 0 Å². The van der Waals surface area contributed by atoms with E-state index in [0.717, 1.165) is 59.3 Å². The summed E-state index contributed by atoms with van der Waals surface area (Å²) < 4.78 is 21.0. The van der Waals surface area contributed by atoms with E-state index in [0.29, 0.717) is 19.4 Å². The molecule has 1 aliphatic rings. The van der Waals surface area contributed by atoms with Crippen LogP contribution >= 0.6 is 0 Å². The van der Waals surface area contributed by atoms with E-state index < -0.39 is 11.0 Å². The van der Waals surface area contributed by atoms with Gasteiger partial charge < -0.3 is 19.9 Å². The number of carbonyl (C=O) groups excluding carboxylic acids is 1. The lowest BCUT2D eigenvalue weighted by Crippen LogP contribution is -2.46. The SMILES string of the molecule is COc1cc(C)c(S(=O)NCCCC(=O)Nc2ccc(N3CCN(c4ccncc4)CC3)cc2)c(C)c1. The predicted molar refractivity (Wildman–Crippen MR) is 150 cm³/mol. The summed E-state index contributed by atoms with van der Waals surface area (Å²) in [6.07, 6.45) is 4.60. The number of benzene rings is 2. The van der Waals surface area contributed by atoms with Gasteiger partial charge in [-0.2, -0.15) is 0 Å². The van der Waals surface area contributed by atoms with Crippen molar-refractivity contribution in [2.75, 3.05) is 55.0 Å². The standard InChI is InChI=1S/C28H35N5O3S/c1-21-19-26(36-3)20-22(2)28(21)37(35)30-12-4-5-27(34)31-23-6-8-24(9-7-23)32-15-17-33(18-16-32)25-10-13-29-14-11-25/h6-11,13-14,19-20,30H,4-5,12,15-18H2,1-3H3,(H,31,34). The number of rotatable bonds is 10. The molecule has 1 amide bonds. The minimum absolute atomic E-state index is 0.0527. The molecule has 9 heteroatoms. The van der Waals surface area contributed by atoms with Gasteiger partial charge in [-0.1, -0.05) is 0 Å². The largest absolute Gasteiger partial charge is 0.497 e. The number of hydrogen-bond acceptors (Lipinski definition) is 6. The van der Waals surface area contributed by atoms with E-state index >= 15 is 0 Å². The van der Waals surface area contributed by atoms with Gasteiger partial charge in [-0.15, -0.1) is 0 Å². The number of amides is 1. The molecule has 0 spiro atoms. The number of nitrogens with zero attached hydrogens (tertiary/aromatic N) is 3. The first-order valence-electron chi connectivity index (χ1n) is 12.5. The van der Waals surface area contributed by atoms with Gasteiger partial charge in [0.1, 0.15) is 16.7 Å². The molecular formula is C28H35N5O3S. The fourth-order valence-electron chi connectivity index (χ4n) is 4.56. The molecule has 0 radical (unpaired) electrons. The Labute approximate surface area is 221 Å². The summed E-state index contributed by atoms with van der Waals surface area (Å²) in [5, 5.41) is 2.96. The zero-order chi connectivity index (χ0) is 26.2. The number of hydrogen-bond donors (Lipinski definition) is 2. The molecule has 1 fully saturated rings. The van der Waals surface area contributed by atoms with E-state index in [9.17, 15) is 9.00 Å². The highest BCUT2D eigenvalue weighted by Crippen LogP contribution is 2.24. The minimum atomic E-state index is -1.34. The van der Waals surface area contributed by atoms with Crippen molar-refractivity contribution in [2.45, 2.75) is 31.6 Å². The molecule has 4 rings (SSSR count). The molecule has 1 atom stereocenters. The van der Waals surface area contributed by atoms with Crippen LogP contribution in [0, 0.1) is 13.8 Å². The molecule has 1 unspecified atom stereocenters. The van der Waals surface area contributed by atoms with Crippen molar-refractivity contribution in [1.29, 1.82) is 0 Å². The number of nitrogens with one attached hydrogen (secondary N) is 2. The first kappa shape index (κ1) is 26.6. The van der Waals surface area contributed by atoms with E-state index in [1.807, 2.05) is 62.6 Å². The van der Waals surface area contributed by atoms with Crippen LogP contribution in [0.25, 0.3) is 0 Å². The molecule has 1 aliphatic heterocycles. The van der Waals surface area contributed by atoms with Gasteiger partial charge >= 0.3 is 0 Å². The number of ether oxygens (including phenoxy) is 1. The van der Waals surface area contributed by atoms with Gasteiger partial charge in [0.25, 0.3) is 0 Å². The Morgan fingerprint density at radius 2 is 1.51 bits per heavy atom. The van der Waals surface area contributed by atoms with E-state index in [4.69, 9.17) is 4.74 Å². The Hall–Kier alpha value is -3.43. The highest BCUT2D eigenvalue weighted by Gasteiger charge is 2.18. The Morgan fingerprint density at radius 3 is 2.08 bits per heavy atom. The lowest BCUT2D eigenvalue weighted by Gasteiger charge is -2.37. The van der Waals surface area contributed by atoms with Crippen LogP contribution in [0.15, 0.2) is 65.8 Å². The molecule has 1 saturated heterocycles. The van der Waals surface area contributed by atoms with Crippen LogP contribution in [0.2, 0.25) is 0 Å². The maximum Gasteiger partial charge on any atom is 0.224 e. The fraction of sp³-hybridized carbons (Fsp3) is 0.357. The summed E-state index contributed by atoms with van der Waals surface area (Å²) in [4.78, 5) is 22.0. The Kier molecular flexibility index (Phi) is 9.14. The van der Waals surface area contributed by atoms with Crippen LogP contribution in [0.4, 0.5) is 17.1 Å². The number of pyridine rings is 1. The topological polar surface area (TPSA) is 86.8 Å². The van der Waals surface area contributed by atoms with Gasteiger partial charge in [-0.3, -0.25) is 9.78 Å². The molecule has 0 saturated carbocycles. The van der Waals surface area contributed by atoms with Crippen molar-refractivity contribution in [1.82, 2.24) is 9.71 Å². The zero-order valence-corrected chi connectivity index (χ0v) is 22.5. The van der Waals surface area contributed by atoms with Gasteiger partial charge in [0, 0.05) is 68.6 Å². The Bertz CT molecular complexity index is 1190. The molecule has 0 aliphatic carbocycles. The second-order valence-corrected chi connectivity index (χ2v) is 10.4. The lowest BCUT2D eigenvalue weighted by atomic mass is 10.1. The van der Waals surface area contributed by atoms with Crippen LogP contribution in [-0.4, -0.2) is 54.9 Å². The molecule has 2 aromatic carbocycles. The van der Waals surface area contributed by atoms with Gasteiger partial charge in [0.05, 0.1) is 12.0 Å². The number of carbonyl (C=O) groups is 1. The maximum absolute atomic E-state index is 12.7. The number of piperazine rings is 1. The zero-order valence-electron chi connectivity index (χ0n) is 21.7. The second kappa shape index (κ2) is 12.7. The first-order chi connectivity index (χ1) is 17.9. The monoisotopic (exact) mass is 521 g/mol. The van der Waals surface area contributed by atoms with Crippen molar-refractivity contribution >= 4 is 34.0 Å². The van der Waals surface area contributed by atoms with Crippen LogP contribution < -0.4 is 24.6 Å². The Morgan fingerprint density at radius 1 is 0.946 bits per heavy atom. The van der Waals surface area contributed by atoms with Crippen molar-refractivity contribution < 1.29 is 13.7 Å². The predicted octanol–water partition coefficient (Wildman–Crippen LogP) is 4.06. The third-order valence-corrected chi connectivity index (χ3v) is 7.97. The van der Waals surface area contributed by atoms with E-state index in [1.54, 1.807) is 7.11 Å². The minimum Gasteiger partial charge on any atom is -0.497 e. The molecule has 37 heavy (non-hydrogen) atoms. The summed E-state index contributed by atoms with van der Waals surface area (Å²) in [7, 11) is 0.284. The highest BCUT2D eigenvalue weighted by atomic mass is 32.2. The van der Waals surface area contributed by atoms with Crippen LogP contribution in [0.5, 0.6) is 5.75 Å². The van der Waals surface area contributed by atoms with E-state index in [1.165, 1.54) is 5.69 Å². The van der Waals surface area contributed by atoms with E-state index in [2.05, 4.69) is 37.0 Å². The van der Waals surface area contributed by atoms with Crippen molar-refractivity contribution in [3.8, 4) is 5.75 Å². The average Bonchev–Trinajstić information content (AvgIpc) is 2.91. The van der Waals surface area contributed by atoms with Gasteiger partial charge in [0.2, 0.25) is 5.91 Å². The fourth-order valence-corrected chi connectivity index (χ4v) is 5.74. The number of aryl methyl sites for hydroxylation is 2. The highest BCUT2D eigenvalue weighted by molar-refractivity contribution is 7.83. The van der Waals surface area contributed by atoms with Crippen LogP contribution in [-0.2, 0) is 15.8 Å².